The van der Waals surface area contributed by atoms with E-state index in [1.54, 1.807) is 0 Å². The number of rotatable bonds is 55. The number of hydrogen-bond acceptors (Lipinski definition) is 5. The van der Waals surface area contributed by atoms with Gasteiger partial charge in [-0.15, -0.1) is 0 Å². The van der Waals surface area contributed by atoms with Gasteiger partial charge in [0.1, 0.15) is 0 Å². The molecule has 0 bridgehead atoms. The van der Waals surface area contributed by atoms with Crippen molar-refractivity contribution in [2.24, 2.45) is 0 Å². The Morgan fingerprint density at radius 2 is 0.758 bits per heavy atom. The lowest BCUT2D eigenvalue weighted by Crippen LogP contribution is -2.45. The average molecular weight is 931 g/mol. The third-order valence-electron chi connectivity index (χ3n) is 13.8. The zero-order valence-electron chi connectivity index (χ0n) is 44.4. The van der Waals surface area contributed by atoms with Crippen LogP contribution in [0.3, 0.4) is 0 Å². The highest BCUT2D eigenvalue weighted by Gasteiger charge is 2.20. The van der Waals surface area contributed by atoms with Gasteiger partial charge >= 0.3 is 5.97 Å². The third-order valence-corrected chi connectivity index (χ3v) is 13.8. The summed E-state index contributed by atoms with van der Waals surface area (Å²) in [6.45, 7) is 4.92. The fourth-order valence-electron chi connectivity index (χ4n) is 9.20. The summed E-state index contributed by atoms with van der Waals surface area (Å²) in [5.74, 6) is -0.0501. The molecule has 3 N–H and O–H groups in total. The van der Waals surface area contributed by atoms with Crippen LogP contribution in [0.2, 0.25) is 0 Å². The summed E-state index contributed by atoms with van der Waals surface area (Å²) in [6, 6.07) is -0.547. The van der Waals surface area contributed by atoms with Crippen molar-refractivity contribution < 1.29 is 24.5 Å². The van der Waals surface area contributed by atoms with Crippen LogP contribution in [0.5, 0.6) is 0 Å². The van der Waals surface area contributed by atoms with Crippen LogP contribution >= 0.6 is 0 Å². The van der Waals surface area contributed by atoms with E-state index in [4.69, 9.17) is 4.74 Å². The normalized spacial score (nSPS) is 12.7. The Bertz CT molecular complexity index is 1030. The van der Waals surface area contributed by atoms with Gasteiger partial charge < -0.3 is 20.3 Å². The zero-order chi connectivity index (χ0) is 47.9. The molecule has 0 aliphatic rings. The quantitative estimate of drug-likeness (QED) is 0.0321. The van der Waals surface area contributed by atoms with E-state index in [2.05, 4.69) is 43.5 Å². The largest absolute Gasteiger partial charge is 0.466 e. The minimum absolute atomic E-state index is 0.0103. The minimum atomic E-state index is -0.670. The van der Waals surface area contributed by atoms with Crippen molar-refractivity contribution in [2.45, 2.75) is 334 Å². The molecular weight excluding hydrogens is 815 g/mol. The van der Waals surface area contributed by atoms with Gasteiger partial charge in [-0.1, -0.05) is 276 Å². The average Bonchev–Trinajstić information content (AvgIpc) is 3.32. The van der Waals surface area contributed by atoms with Gasteiger partial charge in [0.05, 0.1) is 25.4 Å². The Morgan fingerprint density at radius 3 is 1.18 bits per heavy atom. The first-order valence-electron chi connectivity index (χ1n) is 29.6. The molecule has 0 aromatic heterocycles. The van der Waals surface area contributed by atoms with Crippen LogP contribution in [0.1, 0.15) is 322 Å². The molecule has 0 aromatic carbocycles. The molecule has 0 fully saturated rings. The molecule has 2 unspecified atom stereocenters. The molecule has 0 aliphatic heterocycles. The van der Waals surface area contributed by atoms with E-state index >= 15 is 0 Å². The van der Waals surface area contributed by atoms with Crippen molar-refractivity contribution in [1.82, 2.24) is 5.32 Å². The van der Waals surface area contributed by atoms with E-state index in [1.807, 2.05) is 0 Å². The topological polar surface area (TPSA) is 95.9 Å². The number of hydrogen-bond donors (Lipinski definition) is 3. The number of esters is 1. The first-order valence-corrected chi connectivity index (χ1v) is 29.6. The van der Waals surface area contributed by atoms with E-state index < -0.39 is 12.1 Å². The second-order valence-corrected chi connectivity index (χ2v) is 20.3. The van der Waals surface area contributed by atoms with Gasteiger partial charge in [-0.25, -0.2) is 0 Å². The summed E-state index contributed by atoms with van der Waals surface area (Å²) < 4.78 is 5.47. The molecule has 0 heterocycles. The number of unbranched alkanes of at least 4 members (excludes halogenated alkanes) is 40. The molecule has 1 amide bonds. The van der Waals surface area contributed by atoms with Gasteiger partial charge in [-0.3, -0.25) is 9.59 Å². The molecule has 0 aliphatic carbocycles. The SMILES string of the molecule is CCCCC/C=C\C/C=C\CCCCCCCC(=O)OCCCCCCCCCCCCCCCCCCC(=O)NC(CO)C(O)CCCCCCCCCCCCCCCCCCCC. The molecule has 66 heavy (non-hydrogen) atoms. The number of aliphatic hydroxyl groups excluding tert-OH is 2. The number of aliphatic hydroxyl groups is 2. The highest BCUT2D eigenvalue weighted by Crippen LogP contribution is 2.18. The molecule has 0 saturated heterocycles. The first kappa shape index (κ1) is 64.3. The van der Waals surface area contributed by atoms with Crippen LogP contribution < -0.4 is 5.32 Å². The van der Waals surface area contributed by atoms with Crippen LogP contribution in [0.25, 0.3) is 0 Å². The summed E-state index contributed by atoms with van der Waals surface area (Å²) in [6.07, 6.45) is 67.3. The van der Waals surface area contributed by atoms with Crippen molar-refractivity contribution in [1.29, 1.82) is 0 Å². The summed E-state index contributed by atoms with van der Waals surface area (Å²) in [7, 11) is 0. The molecule has 6 nitrogen and oxygen atoms in total. The Labute approximate surface area is 411 Å². The van der Waals surface area contributed by atoms with Crippen LogP contribution in [0.15, 0.2) is 24.3 Å². The summed E-state index contributed by atoms with van der Waals surface area (Å²) >= 11 is 0. The van der Waals surface area contributed by atoms with E-state index in [0.717, 1.165) is 57.8 Å². The number of ether oxygens (including phenoxy) is 1. The first-order chi connectivity index (χ1) is 32.5. The summed E-state index contributed by atoms with van der Waals surface area (Å²) in [4.78, 5) is 24.5. The fourth-order valence-corrected chi connectivity index (χ4v) is 9.20. The smallest absolute Gasteiger partial charge is 0.305 e. The molecule has 0 saturated carbocycles. The van der Waals surface area contributed by atoms with Gasteiger partial charge in [-0.05, 0) is 57.8 Å². The molecule has 0 rings (SSSR count). The monoisotopic (exact) mass is 930 g/mol. The van der Waals surface area contributed by atoms with Gasteiger partial charge in [-0.2, -0.15) is 0 Å². The highest BCUT2D eigenvalue weighted by atomic mass is 16.5. The van der Waals surface area contributed by atoms with Gasteiger partial charge in [0.2, 0.25) is 5.91 Å². The lowest BCUT2D eigenvalue weighted by Gasteiger charge is -2.22. The number of amides is 1. The molecular formula is C60H115NO5. The summed E-state index contributed by atoms with van der Waals surface area (Å²) in [5, 5.41) is 23.3. The van der Waals surface area contributed by atoms with Gasteiger partial charge in [0, 0.05) is 12.8 Å². The maximum atomic E-state index is 12.5. The van der Waals surface area contributed by atoms with Crippen LogP contribution in [-0.4, -0.2) is 47.4 Å². The Morgan fingerprint density at radius 1 is 0.424 bits per heavy atom. The molecule has 390 valence electrons. The van der Waals surface area contributed by atoms with Gasteiger partial charge in [0.25, 0.3) is 0 Å². The van der Waals surface area contributed by atoms with E-state index in [9.17, 15) is 19.8 Å². The Balaban J connectivity index is 3.43. The fraction of sp³-hybridized carbons (Fsp3) is 0.900. The number of nitrogens with one attached hydrogen (secondary N) is 1. The molecule has 6 heteroatoms. The second-order valence-electron chi connectivity index (χ2n) is 20.3. The van der Waals surface area contributed by atoms with Crippen LogP contribution in [0, 0.1) is 0 Å². The maximum Gasteiger partial charge on any atom is 0.305 e. The van der Waals surface area contributed by atoms with Crippen molar-refractivity contribution in [2.75, 3.05) is 13.2 Å². The number of allylic oxidation sites excluding steroid dienone is 4. The van der Waals surface area contributed by atoms with Crippen molar-refractivity contribution in [3.8, 4) is 0 Å². The van der Waals surface area contributed by atoms with Crippen molar-refractivity contribution in [3.63, 3.8) is 0 Å². The lowest BCUT2D eigenvalue weighted by atomic mass is 10.0. The third kappa shape index (κ3) is 51.7. The Kier molecular flexibility index (Phi) is 54.5. The highest BCUT2D eigenvalue weighted by molar-refractivity contribution is 5.76. The van der Waals surface area contributed by atoms with Crippen LogP contribution in [0.4, 0.5) is 0 Å². The predicted molar refractivity (Wildman–Crippen MR) is 287 cm³/mol. The Hall–Kier alpha value is -1.66. The molecule has 0 radical (unpaired) electrons. The lowest BCUT2D eigenvalue weighted by molar-refractivity contribution is -0.143. The summed E-state index contributed by atoms with van der Waals surface area (Å²) in [5.41, 5.74) is 0. The predicted octanol–water partition coefficient (Wildman–Crippen LogP) is 18.2. The standard InChI is InChI=1S/C60H115NO5/c1-3-5-7-9-11-13-15-17-19-20-21-25-28-32-36-40-44-48-52-58(63)57(56-62)61-59(64)53-49-45-41-37-33-29-26-22-23-27-31-35-39-43-47-51-55-66-60(65)54-50-46-42-38-34-30-24-18-16-14-12-10-8-6-4-2/h12,14,18,24,57-58,62-63H,3-11,13,15-17,19-23,25-56H2,1-2H3,(H,61,64)/b14-12-,24-18-. The molecule has 2 atom stereocenters. The van der Waals surface area contributed by atoms with Gasteiger partial charge in [0.15, 0.2) is 0 Å². The van der Waals surface area contributed by atoms with Crippen LogP contribution in [-0.2, 0) is 14.3 Å². The van der Waals surface area contributed by atoms with E-state index in [-0.39, 0.29) is 18.5 Å². The number of carbonyl (C=O) groups is 2. The van der Waals surface area contributed by atoms with E-state index in [0.29, 0.717) is 25.9 Å². The molecule has 0 spiro atoms. The van der Waals surface area contributed by atoms with Crippen molar-refractivity contribution in [3.05, 3.63) is 24.3 Å². The van der Waals surface area contributed by atoms with E-state index in [1.165, 1.54) is 231 Å². The second kappa shape index (κ2) is 55.9. The number of carbonyl (C=O) groups excluding carboxylic acids is 2. The maximum absolute atomic E-state index is 12.5. The minimum Gasteiger partial charge on any atom is -0.466 e. The van der Waals surface area contributed by atoms with Crippen molar-refractivity contribution >= 4 is 11.9 Å². The zero-order valence-corrected chi connectivity index (χ0v) is 44.4. The molecule has 0 aromatic rings.